The molecule has 0 N–H and O–H groups in total. The molecule has 0 bridgehead atoms. The quantitative estimate of drug-likeness (QED) is 0.668. The van der Waals surface area contributed by atoms with Gasteiger partial charge in [0.1, 0.15) is 0 Å². The first kappa shape index (κ1) is 10.1. The molecule has 0 aromatic carbocycles. The van der Waals surface area contributed by atoms with Crippen molar-refractivity contribution in [3.8, 4) is 0 Å². The monoisotopic (exact) mass is 210 g/mol. The van der Waals surface area contributed by atoms with Crippen LogP contribution < -0.4 is 0 Å². The van der Waals surface area contributed by atoms with Crippen LogP contribution in [0.15, 0.2) is 0 Å². The van der Waals surface area contributed by atoms with Crippen LogP contribution >= 0.6 is 0 Å². The summed E-state index contributed by atoms with van der Waals surface area (Å²) in [4.78, 5) is 0. The smallest absolute Gasteiger partial charge is 0.0845 e. The van der Waals surface area contributed by atoms with Crippen molar-refractivity contribution in [1.29, 1.82) is 0 Å². The summed E-state index contributed by atoms with van der Waals surface area (Å²) in [6, 6.07) is 0. The summed E-state index contributed by atoms with van der Waals surface area (Å²) < 4.78 is 11.6. The van der Waals surface area contributed by atoms with E-state index in [2.05, 4.69) is 0 Å². The van der Waals surface area contributed by atoms with E-state index in [0.29, 0.717) is 18.3 Å². The van der Waals surface area contributed by atoms with Gasteiger partial charge in [-0.2, -0.15) is 0 Å². The van der Waals surface area contributed by atoms with E-state index in [-0.39, 0.29) is 0 Å². The number of hydrogen-bond acceptors (Lipinski definition) is 2. The molecule has 1 saturated heterocycles. The second-order valence-corrected chi connectivity index (χ2v) is 5.49. The molecule has 86 valence electrons. The van der Waals surface area contributed by atoms with Gasteiger partial charge in [-0.1, -0.05) is 19.3 Å². The minimum absolute atomic E-state index is 0.580. The maximum atomic E-state index is 6.03. The second kappa shape index (κ2) is 4.42. The van der Waals surface area contributed by atoms with Crippen LogP contribution in [0.3, 0.4) is 0 Å². The van der Waals surface area contributed by atoms with Gasteiger partial charge < -0.3 is 9.47 Å². The van der Waals surface area contributed by atoms with Crippen molar-refractivity contribution in [1.82, 2.24) is 0 Å². The zero-order chi connectivity index (χ0) is 10.1. The van der Waals surface area contributed by atoms with E-state index in [1.165, 1.54) is 51.4 Å². The van der Waals surface area contributed by atoms with Crippen LogP contribution in [0, 0.1) is 5.92 Å². The summed E-state index contributed by atoms with van der Waals surface area (Å²) in [6.45, 7) is 0.997. The Morgan fingerprint density at radius 2 is 1.80 bits per heavy atom. The fourth-order valence-electron chi connectivity index (χ4n) is 3.14. The highest BCUT2D eigenvalue weighted by molar-refractivity contribution is 4.91. The lowest BCUT2D eigenvalue weighted by molar-refractivity contribution is 0.00248. The Labute approximate surface area is 92.3 Å². The summed E-state index contributed by atoms with van der Waals surface area (Å²) in [5, 5.41) is 0. The highest BCUT2D eigenvalue weighted by Crippen LogP contribution is 2.39. The normalized spacial score (nSPS) is 41.2. The van der Waals surface area contributed by atoms with Gasteiger partial charge in [-0.25, -0.2) is 0 Å². The van der Waals surface area contributed by atoms with Crippen molar-refractivity contribution in [3.05, 3.63) is 0 Å². The van der Waals surface area contributed by atoms with Crippen molar-refractivity contribution in [2.45, 2.75) is 69.7 Å². The van der Waals surface area contributed by atoms with Gasteiger partial charge in [0.2, 0.25) is 0 Å². The summed E-state index contributed by atoms with van der Waals surface area (Å²) in [5.74, 6) is 0.788. The van der Waals surface area contributed by atoms with Crippen LogP contribution in [0.4, 0.5) is 0 Å². The first-order valence-corrected chi connectivity index (χ1v) is 6.69. The molecule has 3 unspecified atom stereocenters. The van der Waals surface area contributed by atoms with Gasteiger partial charge in [0.25, 0.3) is 0 Å². The molecule has 3 fully saturated rings. The Hall–Kier alpha value is -0.0800. The predicted molar refractivity (Wildman–Crippen MR) is 58.8 cm³/mol. The van der Waals surface area contributed by atoms with Crippen molar-refractivity contribution < 1.29 is 9.47 Å². The van der Waals surface area contributed by atoms with Crippen LogP contribution in [0.25, 0.3) is 0 Å². The van der Waals surface area contributed by atoms with Crippen LogP contribution in [0.1, 0.15) is 51.4 Å². The lowest BCUT2D eigenvalue weighted by atomic mass is 9.90. The highest BCUT2D eigenvalue weighted by Gasteiger charge is 2.43. The molecule has 2 heteroatoms. The van der Waals surface area contributed by atoms with Gasteiger partial charge in [0, 0.05) is 6.61 Å². The van der Waals surface area contributed by atoms with Crippen molar-refractivity contribution >= 4 is 0 Å². The molecule has 1 aliphatic heterocycles. The lowest BCUT2D eigenvalue weighted by Crippen LogP contribution is -2.24. The van der Waals surface area contributed by atoms with Gasteiger partial charge >= 0.3 is 0 Å². The Kier molecular flexibility index (Phi) is 2.98. The molecule has 2 saturated carbocycles. The van der Waals surface area contributed by atoms with Crippen LogP contribution in [0.5, 0.6) is 0 Å². The maximum Gasteiger partial charge on any atom is 0.0845 e. The average Bonchev–Trinajstić information content (AvgIpc) is 3.06. The maximum absolute atomic E-state index is 6.03. The van der Waals surface area contributed by atoms with Crippen LogP contribution in [-0.4, -0.2) is 24.9 Å². The molecule has 3 aliphatic rings. The third kappa shape index (κ3) is 2.54. The first-order chi connectivity index (χ1) is 7.42. The highest BCUT2D eigenvalue weighted by atomic mass is 16.6. The molecule has 0 aromatic heterocycles. The van der Waals surface area contributed by atoms with Gasteiger partial charge in [-0.3, -0.25) is 0 Å². The second-order valence-electron chi connectivity index (χ2n) is 5.49. The molecule has 0 aromatic rings. The number of epoxide rings is 1. The summed E-state index contributed by atoms with van der Waals surface area (Å²) in [5.41, 5.74) is 0. The summed E-state index contributed by atoms with van der Waals surface area (Å²) in [6.07, 6.45) is 12.5. The standard InChI is InChI=1S/C13H22O2/c1-2-4-11(5-3-1)14-9-10-6-7-12-13(8-10)15-12/h10-13H,1-9H2. The van der Waals surface area contributed by atoms with Gasteiger partial charge in [-0.05, 0) is 38.0 Å². The van der Waals surface area contributed by atoms with E-state index in [1.54, 1.807) is 0 Å². The molecular formula is C13H22O2. The van der Waals surface area contributed by atoms with Crippen molar-refractivity contribution in [2.75, 3.05) is 6.61 Å². The Bertz CT molecular complexity index is 211. The molecule has 2 nitrogen and oxygen atoms in total. The zero-order valence-corrected chi connectivity index (χ0v) is 9.49. The zero-order valence-electron chi connectivity index (χ0n) is 9.49. The SMILES string of the molecule is C1CCC(OCC2CCC3OC3C2)CC1. The predicted octanol–water partition coefficient (Wildman–Crippen LogP) is 2.90. The largest absolute Gasteiger partial charge is 0.378 e. The third-order valence-electron chi connectivity index (χ3n) is 4.23. The van der Waals surface area contributed by atoms with E-state index >= 15 is 0 Å². The molecule has 3 atom stereocenters. The fourth-order valence-corrected chi connectivity index (χ4v) is 3.14. The number of rotatable bonds is 3. The number of hydrogen-bond donors (Lipinski definition) is 0. The Morgan fingerprint density at radius 3 is 2.60 bits per heavy atom. The van der Waals surface area contributed by atoms with Gasteiger partial charge in [0.05, 0.1) is 18.3 Å². The lowest BCUT2D eigenvalue weighted by Gasteiger charge is -2.25. The Balaban J connectivity index is 1.37. The van der Waals surface area contributed by atoms with E-state index in [4.69, 9.17) is 9.47 Å². The molecule has 0 spiro atoms. The summed E-state index contributed by atoms with van der Waals surface area (Å²) in [7, 11) is 0. The third-order valence-corrected chi connectivity index (χ3v) is 4.23. The topological polar surface area (TPSA) is 21.8 Å². The molecule has 3 rings (SSSR count). The molecule has 15 heavy (non-hydrogen) atoms. The average molecular weight is 210 g/mol. The van der Waals surface area contributed by atoms with E-state index in [9.17, 15) is 0 Å². The number of fused-ring (bicyclic) bond motifs is 1. The molecule has 0 radical (unpaired) electrons. The van der Waals surface area contributed by atoms with E-state index in [0.717, 1.165) is 12.5 Å². The van der Waals surface area contributed by atoms with Gasteiger partial charge in [0.15, 0.2) is 0 Å². The van der Waals surface area contributed by atoms with Crippen molar-refractivity contribution in [3.63, 3.8) is 0 Å². The van der Waals surface area contributed by atoms with E-state index in [1.807, 2.05) is 0 Å². The summed E-state index contributed by atoms with van der Waals surface area (Å²) >= 11 is 0. The Morgan fingerprint density at radius 1 is 0.933 bits per heavy atom. The van der Waals surface area contributed by atoms with Crippen LogP contribution in [0.2, 0.25) is 0 Å². The van der Waals surface area contributed by atoms with Crippen LogP contribution in [-0.2, 0) is 9.47 Å². The first-order valence-electron chi connectivity index (χ1n) is 6.69. The molecule has 1 heterocycles. The molecule has 2 aliphatic carbocycles. The van der Waals surface area contributed by atoms with Crippen molar-refractivity contribution in [2.24, 2.45) is 5.92 Å². The van der Waals surface area contributed by atoms with E-state index < -0.39 is 0 Å². The minimum Gasteiger partial charge on any atom is -0.378 e. The van der Waals surface area contributed by atoms with Gasteiger partial charge in [-0.15, -0.1) is 0 Å². The fraction of sp³-hybridized carbons (Fsp3) is 1.00. The molecule has 0 amide bonds. The minimum atomic E-state index is 0.580. The molecular weight excluding hydrogens is 188 g/mol. The number of ether oxygens (including phenoxy) is 2.